The molecule has 0 radical (unpaired) electrons. The third-order valence-corrected chi connectivity index (χ3v) is 2.86. The second kappa shape index (κ2) is 4.09. The van der Waals surface area contributed by atoms with Gasteiger partial charge in [0.05, 0.1) is 0 Å². The Morgan fingerprint density at radius 3 is 2.60 bits per heavy atom. The van der Waals surface area contributed by atoms with E-state index in [2.05, 4.69) is 23.8 Å². The van der Waals surface area contributed by atoms with E-state index in [1.54, 1.807) is 0 Å². The van der Waals surface area contributed by atoms with Crippen LogP contribution in [0.4, 0.5) is 0 Å². The molecule has 0 aromatic carbocycles. The molecule has 1 aliphatic rings. The lowest BCUT2D eigenvalue weighted by atomic mass is 9.94. The summed E-state index contributed by atoms with van der Waals surface area (Å²) in [5.74, 6) is 1.09. The van der Waals surface area contributed by atoms with Gasteiger partial charge in [-0.3, -0.25) is 4.79 Å². The van der Waals surface area contributed by atoms with E-state index in [1.807, 2.05) is 0 Å². The minimum absolute atomic E-state index is 0.288. The topological polar surface area (TPSA) is 42.9 Å². The summed E-state index contributed by atoms with van der Waals surface area (Å²) in [6.45, 7) is 4.11. The average molecular weight is 204 g/mol. The zero-order valence-electron chi connectivity index (χ0n) is 9.29. The summed E-state index contributed by atoms with van der Waals surface area (Å²) in [7, 11) is 0. The Hall–Kier alpha value is -1.25. The Morgan fingerprint density at radius 2 is 1.93 bits per heavy atom. The Bertz CT molecular complexity index is 385. The van der Waals surface area contributed by atoms with Crippen molar-refractivity contribution < 1.29 is 4.79 Å². The van der Waals surface area contributed by atoms with Crippen LogP contribution in [-0.2, 0) is 12.8 Å². The molecular formula is C12H16N2O. The highest BCUT2D eigenvalue weighted by molar-refractivity contribution is 5.74. The van der Waals surface area contributed by atoms with Crippen LogP contribution in [0, 0.1) is 0 Å². The molecule has 1 aliphatic carbocycles. The summed E-state index contributed by atoms with van der Waals surface area (Å²) in [4.78, 5) is 19.8. The van der Waals surface area contributed by atoms with Gasteiger partial charge in [0.1, 0.15) is 11.5 Å². The van der Waals surface area contributed by atoms with Crippen molar-refractivity contribution in [1.82, 2.24) is 9.97 Å². The molecule has 0 amide bonds. The molecule has 1 heterocycles. The van der Waals surface area contributed by atoms with E-state index in [1.165, 1.54) is 6.42 Å². The lowest BCUT2D eigenvalue weighted by Gasteiger charge is -2.17. The third-order valence-electron chi connectivity index (χ3n) is 2.86. The van der Waals surface area contributed by atoms with Gasteiger partial charge in [0, 0.05) is 17.2 Å². The number of nitrogens with zero attached hydrogens (tertiary/aromatic N) is 2. The molecular weight excluding hydrogens is 188 g/mol. The maximum absolute atomic E-state index is 11.0. The number of fused-ring (bicyclic) bond motifs is 1. The van der Waals surface area contributed by atoms with Gasteiger partial charge in [0.2, 0.25) is 0 Å². The van der Waals surface area contributed by atoms with E-state index >= 15 is 0 Å². The quantitative estimate of drug-likeness (QED) is 0.694. The predicted octanol–water partition coefficient (Wildman–Crippen LogP) is 2.29. The molecule has 80 valence electrons. The second-order valence-corrected chi connectivity index (χ2v) is 4.37. The zero-order chi connectivity index (χ0) is 10.8. The van der Waals surface area contributed by atoms with E-state index < -0.39 is 0 Å². The van der Waals surface area contributed by atoms with E-state index in [-0.39, 0.29) is 5.92 Å². The summed E-state index contributed by atoms with van der Waals surface area (Å²) >= 11 is 0. The van der Waals surface area contributed by atoms with Crippen molar-refractivity contribution in [3.05, 3.63) is 22.8 Å². The molecule has 0 unspecified atom stereocenters. The highest BCUT2D eigenvalue weighted by Gasteiger charge is 2.18. The van der Waals surface area contributed by atoms with Crippen LogP contribution in [0.25, 0.3) is 0 Å². The van der Waals surface area contributed by atoms with Crippen molar-refractivity contribution in [1.29, 1.82) is 0 Å². The number of carbonyl (C=O) groups is 1. The van der Waals surface area contributed by atoms with Crippen LogP contribution in [0.15, 0.2) is 0 Å². The number of aryl methyl sites for hydroxylation is 1. The van der Waals surface area contributed by atoms with E-state index in [9.17, 15) is 4.79 Å². The smallest absolute Gasteiger partial charge is 0.168 e. The fourth-order valence-electron chi connectivity index (χ4n) is 2.00. The zero-order valence-corrected chi connectivity index (χ0v) is 9.29. The van der Waals surface area contributed by atoms with Crippen molar-refractivity contribution in [3.8, 4) is 0 Å². The van der Waals surface area contributed by atoms with Crippen molar-refractivity contribution in [2.24, 2.45) is 0 Å². The van der Waals surface area contributed by atoms with E-state index in [0.29, 0.717) is 5.69 Å². The van der Waals surface area contributed by atoms with Gasteiger partial charge in [-0.25, -0.2) is 9.97 Å². The van der Waals surface area contributed by atoms with Gasteiger partial charge in [-0.05, 0) is 25.7 Å². The molecule has 0 saturated heterocycles. The Morgan fingerprint density at radius 1 is 1.20 bits per heavy atom. The highest BCUT2D eigenvalue weighted by atomic mass is 16.1. The first-order chi connectivity index (χ1) is 7.22. The minimum atomic E-state index is 0.288. The highest BCUT2D eigenvalue weighted by Crippen LogP contribution is 2.23. The summed E-state index contributed by atoms with van der Waals surface area (Å²) in [6, 6.07) is 0. The average Bonchev–Trinajstić information content (AvgIpc) is 2.27. The first kappa shape index (κ1) is 10.3. The normalized spacial score (nSPS) is 15.1. The van der Waals surface area contributed by atoms with Crippen molar-refractivity contribution in [2.75, 3.05) is 0 Å². The fourth-order valence-corrected chi connectivity index (χ4v) is 2.00. The van der Waals surface area contributed by atoms with Crippen LogP contribution in [0.2, 0.25) is 0 Å². The number of hydrogen-bond acceptors (Lipinski definition) is 3. The molecule has 2 rings (SSSR count). The summed E-state index contributed by atoms with van der Waals surface area (Å²) < 4.78 is 0. The Kier molecular flexibility index (Phi) is 2.80. The van der Waals surface area contributed by atoms with Crippen LogP contribution in [0.3, 0.4) is 0 Å². The lowest BCUT2D eigenvalue weighted by molar-refractivity contribution is 0.111. The molecule has 15 heavy (non-hydrogen) atoms. The molecule has 1 aromatic heterocycles. The molecule has 0 N–H and O–H groups in total. The van der Waals surface area contributed by atoms with Gasteiger partial charge in [-0.2, -0.15) is 0 Å². The SMILES string of the molecule is CC(C)c1nc(C=O)c2c(n1)CCCC2. The standard InChI is InChI=1S/C12H16N2O/c1-8(2)12-13-10-6-4-3-5-9(10)11(7-15)14-12/h7-8H,3-6H2,1-2H3. The maximum Gasteiger partial charge on any atom is 0.168 e. The molecule has 0 atom stereocenters. The maximum atomic E-state index is 11.0. The van der Waals surface area contributed by atoms with Crippen molar-refractivity contribution >= 4 is 6.29 Å². The van der Waals surface area contributed by atoms with Crippen molar-refractivity contribution in [3.63, 3.8) is 0 Å². The third kappa shape index (κ3) is 1.91. The Labute approximate surface area is 89.9 Å². The molecule has 0 bridgehead atoms. The van der Waals surface area contributed by atoms with E-state index in [4.69, 9.17) is 0 Å². The van der Waals surface area contributed by atoms with Crippen LogP contribution < -0.4 is 0 Å². The summed E-state index contributed by atoms with van der Waals surface area (Å²) in [5.41, 5.74) is 2.80. The van der Waals surface area contributed by atoms with Gasteiger partial charge in [0.15, 0.2) is 6.29 Å². The number of rotatable bonds is 2. The number of aromatic nitrogens is 2. The Balaban J connectivity index is 2.52. The number of hydrogen-bond donors (Lipinski definition) is 0. The molecule has 0 saturated carbocycles. The van der Waals surface area contributed by atoms with Crippen LogP contribution in [-0.4, -0.2) is 16.3 Å². The van der Waals surface area contributed by atoms with Gasteiger partial charge in [-0.15, -0.1) is 0 Å². The van der Waals surface area contributed by atoms with Crippen LogP contribution in [0.5, 0.6) is 0 Å². The monoisotopic (exact) mass is 204 g/mol. The van der Waals surface area contributed by atoms with Crippen LogP contribution in [0.1, 0.15) is 60.2 Å². The van der Waals surface area contributed by atoms with Gasteiger partial charge >= 0.3 is 0 Å². The van der Waals surface area contributed by atoms with Gasteiger partial charge < -0.3 is 0 Å². The number of aldehydes is 1. The molecule has 1 aromatic rings. The predicted molar refractivity (Wildman–Crippen MR) is 58.2 cm³/mol. The molecule has 0 fully saturated rings. The number of carbonyl (C=O) groups excluding carboxylic acids is 1. The minimum Gasteiger partial charge on any atom is -0.296 e. The van der Waals surface area contributed by atoms with Crippen LogP contribution >= 0.6 is 0 Å². The molecule has 0 aliphatic heterocycles. The molecule has 3 nitrogen and oxygen atoms in total. The first-order valence-corrected chi connectivity index (χ1v) is 5.57. The van der Waals surface area contributed by atoms with E-state index in [0.717, 1.165) is 42.6 Å². The second-order valence-electron chi connectivity index (χ2n) is 4.37. The summed E-state index contributed by atoms with van der Waals surface area (Å²) in [5, 5.41) is 0. The largest absolute Gasteiger partial charge is 0.296 e. The fraction of sp³-hybridized carbons (Fsp3) is 0.583. The molecule has 3 heteroatoms. The summed E-state index contributed by atoms with van der Waals surface area (Å²) in [6.07, 6.45) is 5.16. The van der Waals surface area contributed by atoms with Crippen molar-refractivity contribution in [2.45, 2.75) is 45.4 Å². The van der Waals surface area contributed by atoms with Gasteiger partial charge in [-0.1, -0.05) is 13.8 Å². The lowest BCUT2D eigenvalue weighted by Crippen LogP contribution is -2.14. The molecule has 0 spiro atoms. The first-order valence-electron chi connectivity index (χ1n) is 5.57. The van der Waals surface area contributed by atoms with Gasteiger partial charge in [0.25, 0.3) is 0 Å².